The van der Waals surface area contributed by atoms with Gasteiger partial charge in [0.25, 0.3) is 5.91 Å². The van der Waals surface area contributed by atoms with E-state index in [0.29, 0.717) is 65.1 Å². The van der Waals surface area contributed by atoms with Crippen LogP contribution in [0.1, 0.15) is 57.7 Å². The first-order chi connectivity index (χ1) is 21.9. The fraction of sp³-hybridized carbons (Fsp3) is 0.324. The smallest absolute Gasteiger partial charge is 0.255 e. The molecule has 1 unspecified atom stereocenters. The number of aromatic nitrogens is 3. The average molecular weight is 693 g/mol. The van der Waals surface area contributed by atoms with Gasteiger partial charge in [0, 0.05) is 15.9 Å². The van der Waals surface area contributed by atoms with Crippen molar-refractivity contribution in [3.8, 4) is 17.2 Å². The number of hydrogen-bond donors (Lipinski definition) is 2. The Morgan fingerprint density at radius 2 is 1.78 bits per heavy atom. The number of carbonyl (C=O) groups excluding carboxylic acids is 1. The molecule has 1 aliphatic rings. The molecule has 1 aliphatic heterocycles. The molecular formula is C34H38BrN5O4S. The minimum atomic E-state index is -0.577. The summed E-state index contributed by atoms with van der Waals surface area (Å²) >= 11 is 5.13. The lowest BCUT2D eigenvalue weighted by atomic mass is 9.94. The third-order valence-corrected chi connectivity index (χ3v) is 8.53. The van der Waals surface area contributed by atoms with E-state index in [1.165, 1.54) is 0 Å². The highest BCUT2D eigenvalue weighted by Gasteiger charge is 2.35. The lowest BCUT2D eigenvalue weighted by Crippen LogP contribution is -2.31. The van der Waals surface area contributed by atoms with Gasteiger partial charge in [0.05, 0.1) is 24.5 Å². The molecule has 45 heavy (non-hydrogen) atoms. The molecule has 0 spiro atoms. The van der Waals surface area contributed by atoms with Crippen molar-refractivity contribution in [3.05, 3.63) is 93.6 Å². The number of allylic oxidation sites excluding steroid dienone is 1. The molecular weight excluding hydrogens is 654 g/mol. The van der Waals surface area contributed by atoms with Crippen molar-refractivity contribution in [3.63, 3.8) is 0 Å². The summed E-state index contributed by atoms with van der Waals surface area (Å²) < 4.78 is 20.8. The minimum absolute atomic E-state index is 0.272. The third-order valence-electron chi connectivity index (χ3n) is 7.11. The van der Waals surface area contributed by atoms with Gasteiger partial charge in [-0.1, -0.05) is 71.4 Å². The molecule has 0 fully saturated rings. The molecule has 4 aromatic rings. The number of nitrogens with zero attached hydrogens (tertiary/aromatic N) is 3. The topological polar surface area (TPSA) is 99.5 Å². The molecule has 0 bridgehead atoms. The lowest BCUT2D eigenvalue weighted by molar-refractivity contribution is -0.113. The first-order valence-electron chi connectivity index (χ1n) is 15.2. The van der Waals surface area contributed by atoms with Crippen LogP contribution in [0, 0.1) is 0 Å². The number of halogens is 1. The average Bonchev–Trinajstić information content (AvgIpc) is 3.43. The number of fused-ring (bicyclic) bond motifs is 1. The van der Waals surface area contributed by atoms with Crippen LogP contribution in [-0.2, 0) is 11.4 Å². The predicted octanol–water partition coefficient (Wildman–Crippen LogP) is 8.24. The summed E-state index contributed by atoms with van der Waals surface area (Å²) in [5, 5.41) is 11.9. The van der Waals surface area contributed by atoms with Crippen molar-refractivity contribution in [2.75, 3.05) is 29.6 Å². The number of benzene rings is 3. The molecule has 9 nitrogen and oxygen atoms in total. The van der Waals surface area contributed by atoms with Crippen LogP contribution in [0.2, 0.25) is 0 Å². The second-order valence-electron chi connectivity index (χ2n) is 10.4. The van der Waals surface area contributed by atoms with Crippen LogP contribution < -0.4 is 24.8 Å². The molecule has 0 radical (unpaired) electrons. The minimum Gasteiger partial charge on any atom is -0.492 e. The van der Waals surface area contributed by atoms with Gasteiger partial charge in [0.1, 0.15) is 18.4 Å². The summed E-state index contributed by atoms with van der Waals surface area (Å²) in [5.41, 5.74) is 3.63. The largest absolute Gasteiger partial charge is 0.492 e. The van der Waals surface area contributed by atoms with Crippen molar-refractivity contribution in [1.82, 2.24) is 14.8 Å². The van der Waals surface area contributed by atoms with E-state index in [2.05, 4.69) is 33.5 Å². The van der Waals surface area contributed by atoms with E-state index in [-0.39, 0.29) is 5.91 Å². The molecule has 1 atom stereocenters. The zero-order chi connectivity index (χ0) is 31.8. The van der Waals surface area contributed by atoms with E-state index in [0.717, 1.165) is 34.2 Å². The zero-order valence-electron chi connectivity index (χ0n) is 25.9. The SMILES string of the molecule is CCCCSc1nc2n(n1)C(c1ccc(OCc3cccc(Br)c3)c(OCC)c1)C(C(=O)Nc1ccccc1OCC)=C(C)N2. The fourth-order valence-corrected chi connectivity index (χ4v) is 6.37. The van der Waals surface area contributed by atoms with Crippen LogP contribution in [0.3, 0.4) is 0 Å². The molecule has 236 valence electrons. The Kier molecular flexibility index (Phi) is 11.1. The summed E-state index contributed by atoms with van der Waals surface area (Å²) in [6.07, 6.45) is 2.15. The number of carbonyl (C=O) groups is 1. The van der Waals surface area contributed by atoms with Gasteiger partial charge in [-0.3, -0.25) is 4.79 Å². The van der Waals surface area contributed by atoms with Crippen LogP contribution in [0.5, 0.6) is 17.2 Å². The van der Waals surface area contributed by atoms with E-state index in [9.17, 15) is 4.79 Å². The first-order valence-corrected chi connectivity index (χ1v) is 16.9. The highest BCUT2D eigenvalue weighted by molar-refractivity contribution is 9.10. The Morgan fingerprint density at radius 3 is 2.56 bits per heavy atom. The number of thioether (sulfide) groups is 1. The highest BCUT2D eigenvalue weighted by atomic mass is 79.9. The predicted molar refractivity (Wildman–Crippen MR) is 182 cm³/mol. The van der Waals surface area contributed by atoms with E-state index < -0.39 is 6.04 Å². The Balaban J connectivity index is 1.52. The van der Waals surface area contributed by atoms with Gasteiger partial charge in [-0.2, -0.15) is 4.98 Å². The van der Waals surface area contributed by atoms with Crippen LogP contribution in [0.4, 0.5) is 11.6 Å². The van der Waals surface area contributed by atoms with Gasteiger partial charge in [-0.25, -0.2) is 4.68 Å². The number of hydrogen-bond acceptors (Lipinski definition) is 8. The van der Waals surface area contributed by atoms with Crippen molar-refractivity contribution in [2.45, 2.75) is 58.3 Å². The van der Waals surface area contributed by atoms with Gasteiger partial charge < -0.3 is 24.8 Å². The van der Waals surface area contributed by atoms with Gasteiger partial charge in [0.2, 0.25) is 11.1 Å². The zero-order valence-corrected chi connectivity index (χ0v) is 28.3. The van der Waals surface area contributed by atoms with E-state index in [4.69, 9.17) is 24.3 Å². The second-order valence-corrected chi connectivity index (χ2v) is 12.3. The van der Waals surface area contributed by atoms with Crippen LogP contribution in [0.15, 0.2) is 87.6 Å². The van der Waals surface area contributed by atoms with Gasteiger partial charge in [-0.05, 0) is 74.7 Å². The van der Waals surface area contributed by atoms with Gasteiger partial charge >= 0.3 is 0 Å². The molecule has 11 heteroatoms. The molecule has 1 amide bonds. The van der Waals surface area contributed by atoms with Crippen molar-refractivity contribution in [1.29, 1.82) is 0 Å². The Hall–Kier alpha value is -3.96. The number of nitrogens with one attached hydrogen (secondary N) is 2. The number of amides is 1. The Bertz CT molecular complexity index is 1670. The summed E-state index contributed by atoms with van der Waals surface area (Å²) in [4.78, 5) is 18.9. The lowest BCUT2D eigenvalue weighted by Gasteiger charge is -2.29. The summed E-state index contributed by atoms with van der Waals surface area (Å²) in [6, 6.07) is 20.6. The quantitative estimate of drug-likeness (QED) is 0.101. The van der Waals surface area contributed by atoms with Gasteiger partial charge in [0.15, 0.2) is 11.5 Å². The maximum Gasteiger partial charge on any atom is 0.255 e. The highest BCUT2D eigenvalue weighted by Crippen LogP contribution is 2.40. The molecule has 0 aliphatic carbocycles. The standard InChI is InChI=1S/C34H38BrN5O4S/c1-5-8-18-45-34-38-33-36-22(4)30(32(41)37-26-14-9-10-15-27(26)42-6-2)31(40(33)39-34)24-16-17-28(29(20-24)43-7-3)44-21-23-12-11-13-25(35)19-23/h9-17,19-20,31H,5-8,18,21H2,1-4H3,(H,37,41)(H,36,38,39). The molecule has 1 aromatic heterocycles. The fourth-order valence-electron chi connectivity index (χ4n) is 5.01. The summed E-state index contributed by atoms with van der Waals surface area (Å²) in [7, 11) is 0. The molecule has 0 saturated carbocycles. The van der Waals surface area contributed by atoms with Crippen LogP contribution in [-0.4, -0.2) is 39.6 Å². The first kappa shape index (κ1) is 32.4. The normalized spacial score (nSPS) is 14.0. The summed E-state index contributed by atoms with van der Waals surface area (Å²) in [5.74, 6) is 3.02. The number of rotatable bonds is 14. The number of ether oxygens (including phenoxy) is 3. The molecule has 0 saturated heterocycles. The third kappa shape index (κ3) is 7.83. The molecule has 2 heterocycles. The van der Waals surface area contributed by atoms with Gasteiger partial charge in [-0.15, -0.1) is 5.10 Å². The number of unbranched alkanes of at least 4 members (excludes halogenated alkanes) is 1. The molecule has 5 rings (SSSR count). The van der Waals surface area contributed by atoms with E-state index >= 15 is 0 Å². The van der Waals surface area contributed by atoms with Crippen molar-refractivity contribution in [2.24, 2.45) is 0 Å². The van der Waals surface area contributed by atoms with Crippen LogP contribution in [0.25, 0.3) is 0 Å². The van der Waals surface area contributed by atoms with Crippen molar-refractivity contribution < 1.29 is 19.0 Å². The maximum absolute atomic E-state index is 14.1. The number of anilines is 2. The van der Waals surface area contributed by atoms with E-state index in [1.807, 2.05) is 87.5 Å². The van der Waals surface area contributed by atoms with E-state index in [1.54, 1.807) is 16.4 Å². The van der Waals surface area contributed by atoms with Crippen molar-refractivity contribution >= 4 is 45.2 Å². The molecule has 3 aromatic carbocycles. The molecule has 2 N–H and O–H groups in total. The Labute approximate surface area is 276 Å². The summed E-state index contributed by atoms with van der Waals surface area (Å²) in [6.45, 7) is 9.21. The Morgan fingerprint density at radius 1 is 0.978 bits per heavy atom. The van der Waals surface area contributed by atoms with Crippen LogP contribution >= 0.6 is 27.7 Å². The number of para-hydroxylation sites is 2. The maximum atomic E-state index is 14.1. The monoisotopic (exact) mass is 691 g/mol. The second kappa shape index (κ2) is 15.4.